The van der Waals surface area contributed by atoms with Crippen molar-refractivity contribution in [2.45, 2.75) is 26.9 Å². The molecule has 8 nitrogen and oxygen atoms in total. The number of amides is 1. The van der Waals surface area contributed by atoms with E-state index in [1.54, 1.807) is 19.2 Å². The van der Waals surface area contributed by atoms with Gasteiger partial charge in [0.25, 0.3) is 0 Å². The first-order chi connectivity index (χ1) is 15.4. The molecular weight excluding hydrogens is 496 g/mol. The van der Waals surface area contributed by atoms with Crippen molar-refractivity contribution in [2.75, 3.05) is 12.4 Å². The third-order valence-corrected chi connectivity index (χ3v) is 5.84. The Morgan fingerprint density at radius 2 is 2.06 bits per heavy atom. The van der Waals surface area contributed by atoms with Crippen molar-refractivity contribution in [3.8, 4) is 17.3 Å². The summed E-state index contributed by atoms with van der Waals surface area (Å²) in [7, 11) is 1.55. The standard InChI is InChI=1S/C22H22BrClN6O2/c1-4-30-15(9-12(2)28-30)21-26-19(24)17-14-10-13(20(25)31)11-16(32-3)18(14)29(22(17)27-21)8-6-5-7-23/h5-6,9-11H,4,7-8H2,1-3H3,(H2,25,31). The van der Waals surface area contributed by atoms with Crippen molar-refractivity contribution in [2.24, 2.45) is 5.73 Å². The second-order valence-electron chi connectivity index (χ2n) is 7.20. The topological polar surface area (TPSA) is 101 Å². The molecule has 4 rings (SSSR count). The molecule has 166 valence electrons. The maximum absolute atomic E-state index is 11.9. The zero-order chi connectivity index (χ0) is 23.0. The highest BCUT2D eigenvalue weighted by atomic mass is 79.9. The number of carbonyl (C=O) groups excluding carboxylic acids is 1. The highest BCUT2D eigenvalue weighted by Crippen LogP contribution is 2.39. The third-order valence-electron chi connectivity index (χ3n) is 5.19. The quantitative estimate of drug-likeness (QED) is 0.221. The second kappa shape index (κ2) is 8.91. The Balaban J connectivity index is 2.11. The monoisotopic (exact) mass is 516 g/mol. The minimum atomic E-state index is -0.554. The summed E-state index contributed by atoms with van der Waals surface area (Å²) in [6, 6.07) is 5.28. The number of aromatic nitrogens is 5. The van der Waals surface area contributed by atoms with Gasteiger partial charge in [-0.1, -0.05) is 39.7 Å². The maximum atomic E-state index is 11.9. The fourth-order valence-corrected chi connectivity index (χ4v) is 4.36. The van der Waals surface area contributed by atoms with Gasteiger partial charge in [-0.05, 0) is 32.0 Å². The summed E-state index contributed by atoms with van der Waals surface area (Å²) in [6.07, 6.45) is 4.02. The number of alkyl halides is 1. The molecule has 4 aromatic rings. The van der Waals surface area contributed by atoms with Crippen LogP contribution in [0.25, 0.3) is 33.5 Å². The number of hydrogen-bond donors (Lipinski definition) is 1. The molecule has 0 bridgehead atoms. The first-order valence-corrected chi connectivity index (χ1v) is 11.5. The molecule has 0 fully saturated rings. The molecule has 32 heavy (non-hydrogen) atoms. The predicted molar refractivity (Wildman–Crippen MR) is 130 cm³/mol. The van der Waals surface area contributed by atoms with Gasteiger partial charge in [0.2, 0.25) is 5.91 Å². The number of nitrogens with two attached hydrogens (primary N) is 1. The number of allylic oxidation sites excluding steroid dienone is 2. The van der Waals surface area contributed by atoms with E-state index in [9.17, 15) is 4.79 Å². The van der Waals surface area contributed by atoms with Crippen LogP contribution in [0.2, 0.25) is 5.15 Å². The predicted octanol–water partition coefficient (Wildman–Crippen LogP) is 4.49. The van der Waals surface area contributed by atoms with Crippen LogP contribution >= 0.6 is 27.5 Å². The van der Waals surface area contributed by atoms with E-state index in [1.807, 2.05) is 41.3 Å². The van der Waals surface area contributed by atoms with Gasteiger partial charge in [-0.2, -0.15) is 5.10 Å². The Morgan fingerprint density at radius 3 is 2.72 bits per heavy atom. The Bertz CT molecular complexity index is 1370. The Morgan fingerprint density at radius 1 is 1.28 bits per heavy atom. The Kier molecular flexibility index (Phi) is 6.21. The highest BCUT2D eigenvalue weighted by molar-refractivity contribution is 9.09. The van der Waals surface area contributed by atoms with Crippen LogP contribution in [0.1, 0.15) is 23.0 Å². The first-order valence-electron chi connectivity index (χ1n) is 10.0. The van der Waals surface area contributed by atoms with Gasteiger partial charge in [0.1, 0.15) is 22.2 Å². The molecule has 0 aliphatic carbocycles. The van der Waals surface area contributed by atoms with E-state index >= 15 is 0 Å². The minimum absolute atomic E-state index is 0.281. The second-order valence-corrected chi connectivity index (χ2v) is 8.20. The van der Waals surface area contributed by atoms with E-state index in [-0.39, 0.29) is 5.15 Å². The summed E-state index contributed by atoms with van der Waals surface area (Å²) in [5.41, 5.74) is 8.93. The number of aryl methyl sites for hydroxylation is 2. The summed E-state index contributed by atoms with van der Waals surface area (Å²) >= 11 is 10.1. The fourth-order valence-electron chi connectivity index (χ4n) is 3.83. The summed E-state index contributed by atoms with van der Waals surface area (Å²) in [6.45, 7) is 5.13. The molecule has 0 saturated carbocycles. The SMILES string of the molecule is CCn1nc(C)cc1-c1nc(Cl)c2c3cc(C(N)=O)cc(OC)c3n(CC=CCBr)c2n1. The van der Waals surface area contributed by atoms with E-state index < -0.39 is 5.91 Å². The Labute approximate surface area is 198 Å². The molecule has 1 aromatic carbocycles. The number of hydrogen-bond acceptors (Lipinski definition) is 5. The molecule has 0 radical (unpaired) electrons. The average Bonchev–Trinajstić information content (AvgIpc) is 3.31. The molecular formula is C22H22BrClN6O2. The van der Waals surface area contributed by atoms with Crippen LogP contribution in [-0.2, 0) is 13.1 Å². The van der Waals surface area contributed by atoms with E-state index in [2.05, 4.69) is 26.0 Å². The van der Waals surface area contributed by atoms with Crippen LogP contribution in [0.5, 0.6) is 5.75 Å². The zero-order valence-electron chi connectivity index (χ0n) is 17.9. The smallest absolute Gasteiger partial charge is 0.248 e. The number of nitrogens with zero attached hydrogens (tertiary/aromatic N) is 5. The molecule has 0 spiro atoms. The van der Waals surface area contributed by atoms with Crippen LogP contribution in [0, 0.1) is 6.92 Å². The van der Waals surface area contributed by atoms with Gasteiger partial charge in [0.15, 0.2) is 5.82 Å². The van der Waals surface area contributed by atoms with Crippen molar-refractivity contribution in [1.82, 2.24) is 24.3 Å². The van der Waals surface area contributed by atoms with Gasteiger partial charge in [-0.15, -0.1) is 0 Å². The summed E-state index contributed by atoms with van der Waals surface area (Å²) < 4.78 is 9.47. The minimum Gasteiger partial charge on any atom is -0.495 e. The lowest BCUT2D eigenvalue weighted by Gasteiger charge is -2.09. The van der Waals surface area contributed by atoms with E-state index in [0.717, 1.165) is 22.2 Å². The number of methoxy groups -OCH3 is 1. The van der Waals surface area contributed by atoms with Crippen molar-refractivity contribution in [1.29, 1.82) is 0 Å². The van der Waals surface area contributed by atoms with Crippen LogP contribution in [0.3, 0.4) is 0 Å². The molecule has 3 aromatic heterocycles. The third kappa shape index (κ3) is 3.75. The van der Waals surface area contributed by atoms with E-state index in [1.165, 1.54) is 0 Å². The molecule has 0 aliphatic heterocycles. The molecule has 0 aliphatic rings. The number of fused-ring (bicyclic) bond motifs is 3. The molecule has 0 unspecified atom stereocenters. The van der Waals surface area contributed by atoms with Gasteiger partial charge in [0.05, 0.1) is 23.7 Å². The molecule has 0 atom stereocenters. The highest BCUT2D eigenvalue weighted by Gasteiger charge is 2.23. The van der Waals surface area contributed by atoms with Gasteiger partial charge in [0, 0.05) is 29.4 Å². The fraction of sp³-hybridized carbons (Fsp3) is 0.273. The number of rotatable bonds is 7. The van der Waals surface area contributed by atoms with Gasteiger partial charge < -0.3 is 15.0 Å². The van der Waals surface area contributed by atoms with Crippen molar-refractivity contribution in [3.05, 3.63) is 46.8 Å². The Hall–Kier alpha value is -2.91. The molecule has 10 heteroatoms. The largest absolute Gasteiger partial charge is 0.495 e. The summed E-state index contributed by atoms with van der Waals surface area (Å²) in [5.74, 6) is 0.433. The molecule has 1 amide bonds. The summed E-state index contributed by atoms with van der Waals surface area (Å²) in [5, 5.41) is 6.85. The van der Waals surface area contributed by atoms with Crippen LogP contribution in [0.4, 0.5) is 0 Å². The molecule has 3 heterocycles. The first kappa shape index (κ1) is 22.3. The normalized spacial score (nSPS) is 11.8. The lowest BCUT2D eigenvalue weighted by atomic mass is 10.1. The van der Waals surface area contributed by atoms with Gasteiger partial charge in [-0.25, -0.2) is 9.97 Å². The van der Waals surface area contributed by atoms with Crippen LogP contribution in [-0.4, -0.2) is 42.7 Å². The number of benzene rings is 1. The lowest BCUT2D eigenvalue weighted by Crippen LogP contribution is -2.11. The number of primary amides is 1. The number of ether oxygens (including phenoxy) is 1. The van der Waals surface area contributed by atoms with E-state index in [0.29, 0.717) is 46.6 Å². The van der Waals surface area contributed by atoms with E-state index in [4.69, 9.17) is 27.1 Å². The summed E-state index contributed by atoms with van der Waals surface area (Å²) in [4.78, 5) is 21.4. The molecule has 2 N–H and O–H groups in total. The zero-order valence-corrected chi connectivity index (χ0v) is 20.2. The van der Waals surface area contributed by atoms with Crippen molar-refractivity contribution >= 4 is 55.4 Å². The van der Waals surface area contributed by atoms with Gasteiger partial charge >= 0.3 is 0 Å². The van der Waals surface area contributed by atoms with Crippen LogP contribution < -0.4 is 10.5 Å². The van der Waals surface area contributed by atoms with Gasteiger partial charge in [-0.3, -0.25) is 9.48 Å². The average molecular weight is 518 g/mol. The number of halogens is 2. The number of carbonyl (C=O) groups is 1. The van der Waals surface area contributed by atoms with Crippen molar-refractivity contribution in [3.63, 3.8) is 0 Å². The molecule has 0 saturated heterocycles. The van der Waals surface area contributed by atoms with Crippen LogP contribution in [0.15, 0.2) is 30.4 Å². The maximum Gasteiger partial charge on any atom is 0.248 e. The van der Waals surface area contributed by atoms with Crippen molar-refractivity contribution < 1.29 is 9.53 Å². The lowest BCUT2D eigenvalue weighted by molar-refractivity contribution is 0.1000.